The van der Waals surface area contributed by atoms with E-state index in [4.69, 9.17) is 22.7 Å². The van der Waals surface area contributed by atoms with Gasteiger partial charge >= 0.3 is 0 Å². The first kappa shape index (κ1) is 15.3. The summed E-state index contributed by atoms with van der Waals surface area (Å²) in [5.41, 5.74) is 5.72. The van der Waals surface area contributed by atoms with Crippen molar-refractivity contribution < 1.29 is 13.2 Å². The summed E-state index contributed by atoms with van der Waals surface area (Å²) in [5.74, 6) is 0.466. The molecule has 0 spiro atoms. The predicted octanol–water partition coefficient (Wildman–Crippen LogP) is 0.886. The van der Waals surface area contributed by atoms with Gasteiger partial charge in [-0.25, -0.2) is 0 Å². The molecule has 1 aromatic carbocycles. The summed E-state index contributed by atoms with van der Waals surface area (Å²) in [6.07, 6.45) is 1.41. The molecule has 0 amide bonds. The maximum atomic E-state index is 12.2. The molecule has 0 aliphatic heterocycles. The molecule has 7 nitrogen and oxygen atoms in total. The van der Waals surface area contributed by atoms with Crippen LogP contribution in [-0.4, -0.2) is 29.8 Å². The van der Waals surface area contributed by atoms with Crippen molar-refractivity contribution in [2.75, 3.05) is 11.3 Å². The molecule has 1 aromatic heterocycles. The van der Waals surface area contributed by atoms with Gasteiger partial charge in [-0.2, -0.15) is 13.5 Å². The zero-order chi connectivity index (χ0) is 15.5. The third-order valence-corrected chi connectivity index (χ3v) is 4.09. The minimum atomic E-state index is -3.70. The van der Waals surface area contributed by atoms with E-state index in [2.05, 4.69) is 9.82 Å². The van der Waals surface area contributed by atoms with E-state index < -0.39 is 10.0 Å². The monoisotopic (exact) mass is 326 g/mol. The minimum absolute atomic E-state index is 0.0666. The van der Waals surface area contributed by atoms with E-state index >= 15 is 0 Å². The highest BCUT2D eigenvalue weighted by Crippen LogP contribution is 2.20. The third-order valence-electron chi connectivity index (χ3n) is 2.52. The van der Waals surface area contributed by atoms with Crippen molar-refractivity contribution in [3.8, 4) is 5.75 Å². The maximum absolute atomic E-state index is 12.2. The summed E-state index contributed by atoms with van der Waals surface area (Å²) >= 11 is 4.72. The first-order valence-corrected chi connectivity index (χ1v) is 7.79. The van der Waals surface area contributed by atoms with Crippen LogP contribution >= 0.6 is 12.2 Å². The van der Waals surface area contributed by atoms with Crippen molar-refractivity contribution in [3.63, 3.8) is 0 Å². The van der Waals surface area contributed by atoms with Gasteiger partial charge in [0.05, 0.1) is 11.9 Å². The number of aryl methyl sites for hydroxylation is 1. The van der Waals surface area contributed by atoms with Crippen LogP contribution in [0.4, 0.5) is 5.69 Å². The molecule has 2 aromatic rings. The summed E-state index contributed by atoms with van der Waals surface area (Å²) in [5, 5.41) is 3.90. The van der Waals surface area contributed by atoms with E-state index in [0.717, 1.165) is 0 Å². The fraction of sp³-hybridized carbons (Fsp3) is 0.167. The Bertz CT molecular complexity index is 755. The first-order chi connectivity index (χ1) is 9.88. The number of nitrogens with two attached hydrogens (primary N) is 1. The molecule has 2 rings (SSSR count). The fourth-order valence-electron chi connectivity index (χ4n) is 1.64. The lowest BCUT2D eigenvalue weighted by Gasteiger charge is -2.10. The first-order valence-electron chi connectivity index (χ1n) is 5.90. The second-order valence-corrected chi connectivity index (χ2v) is 6.34. The Hall–Kier alpha value is -2.13. The molecule has 0 saturated carbocycles. The second-order valence-electron chi connectivity index (χ2n) is 4.18. The summed E-state index contributed by atoms with van der Waals surface area (Å²) in [6, 6.07) is 7.92. The number of nitrogens with zero attached hydrogens (tertiary/aromatic N) is 2. The third kappa shape index (κ3) is 3.92. The molecule has 9 heteroatoms. The van der Waals surface area contributed by atoms with Crippen LogP contribution in [0.2, 0.25) is 0 Å². The summed E-state index contributed by atoms with van der Waals surface area (Å²) in [7, 11) is -2.15. The number of hydrogen-bond donors (Lipinski definition) is 2. The number of ether oxygens (including phenoxy) is 1. The van der Waals surface area contributed by atoms with Crippen LogP contribution in [0, 0.1) is 0 Å². The number of thiocarbonyl (C=S) groups is 1. The molecule has 3 N–H and O–H groups in total. The average Bonchev–Trinajstić information content (AvgIpc) is 2.83. The molecule has 0 aliphatic carbocycles. The molecule has 112 valence electrons. The second kappa shape index (κ2) is 6.10. The highest BCUT2D eigenvalue weighted by molar-refractivity contribution is 7.92. The summed E-state index contributed by atoms with van der Waals surface area (Å²) < 4.78 is 33.5. The van der Waals surface area contributed by atoms with Gasteiger partial charge in [0.1, 0.15) is 17.3 Å². The molecule has 0 aliphatic rings. The lowest BCUT2D eigenvalue weighted by Crippen LogP contribution is -2.18. The van der Waals surface area contributed by atoms with Gasteiger partial charge in [0.2, 0.25) is 0 Å². The SMILES string of the molecule is Cn1nccc1S(=O)(=O)Nc1cccc(OCC(N)=S)c1. The molecule has 0 radical (unpaired) electrons. The number of anilines is 1. The molecule has 0 saturated heterocycles. The normalized spacial score (nSPS) is 11.1. The average molecular weight is 326 g/mol. The topological polar surface area (TPSA) is 99.2 Å². The molecule has 0 fully saturated rings. The Balaban J connectivity index is 2.18. The van der Waals surface area contributed by atoms with Crippen molar-refractivity contribution in [1.29, 1.82) is 0 Å². The van der Waals surface area contributed by atoms with Crippen LogP contribution in [0.25, 0.3) is 0 Å². The van der Waals surface area contributed by atoms with Gasteiger partial charge in [-0.05, 0) is 18.2 Å². The van der Waals surface area contributed by atoms with E-state index in [-0.39, 0.29) is 16.6 Å². The zero-order valence-corrected chi connectivity index (χ0v) is 12.8. The highest BCUT2D eigenvalue weighted by Gasteiger charge is 2.18. The Morgan fingerprint density at radius 1 is 1.48 bits per heavy atom. The Morgan fingerprint density at radius 2 is 2.24 bits per heavy atom. The Labute approximate surface area is 127 Å². The van der Waals surface area contributed by atoms with E-state index in [1.165, 1.54) is 16.9 Å². The number of rotatable bonds is 6. The largest absolute Gasteiger partial charge is 0.486 e. The lowest BCUT2D eigenvalue weighted by molar-refractivity contribution is 0.378. The highest BCUT2D eigenvalue weighted by atomic mass is 32.2. The van der Waals surface area contributed by atoms with Gasteiger partial charge in [-0.3, -0.25) is 9.40 Å². The van der Waals surface area contributed by atoms with Crippen LogP contribution in [-0.2, 0) is 17.1 Å². The number of sulfonamides is 1. The van der Waals surface area contributed by atoms with Gasteiger partial charge in [0.15, 0.2) is 5.03 Å². The van der Waals surface area contributed by atoms with Gasteiger partial charge < -0.3 is 10.5 Å². The minimum Gasteiger partial charge on any atom is -0.486 e. The van der Waals surface area contributed by atoms with Gasteiger partial charge in [0, 0.05) is 13.1 Å². The quantitative estimate of drug-likeness (QED) is 0.765. The van der Waals surface area contributed by atoms with E-state index in [0.29, 0.717) is 11.4 Å². The summed E-state index contributed by atoms with van der Waals surface area (Å²) in [4.78, 5) is 0.218. The zero-order valence-electron chi connectivity index (χ0n) is 11.2. The Morgan fingerprint density at radius 3 is 2.86 bits per heavy atom. The Kier molecular flexibility index (Phi) is 4.43. The van der Waals surface area contributed by atoms with Crippen LogP contribution in [0.3, 0.4) is 0 Å². The number of benzene rings is 1. The van der Waals surface area contributed by atoms with Crippen molar-refractivity contribution in [2.24, 2.45) is 12.8 Å². The molecule has 21 heavy (non-hydrogen) atoms. The van der Waals surface area contributed by atoms with Crippen molar-refractivity contribution in [1.82, 2.24) is 9.78 Å². The molecule has 0 unspecified atom stereocenters. The predicted molar refractivity (Wildman–Crippen MR) is 82.7 cm³/mol. The number of aromatic nitrogens is 2. The number of hydrogen-bond acceptors (Lipinski definition) is 5. The molecule has 0 bridgehead atoms. The van der Waals surface area contributed by atoms with Crippen LogP contribution in [0.1, 0.15) is 0 Å². The van der Waals surface area contributed by atoms with Crippen LogP contribution < -0.4 is 15.2 Å². The van der Waals surface area contributed by atoms with Crippen LogP contribution in [0.15, 0.2) is 41.6 Å². The van der Waals surface area contributed by atoms with Crippen molar-refractivity contribution >= 4 is 32.9 Å². The number of nitrogens with one attached hydrogen (secondary N) is 1. The van der Waals surface area contributed by atoms with E-state index in [9.17, 15) is 8.42 Å². The lowest BCUT2D eigenvalue weighted by atomic mass is 10.3. The van der Waals surface area contributed by atoms with E-state index in [1.807, 2.05) is 0 Å². The molecular weight excluding hydrogens is 312 g/mol. The van der Waals surface area contributed by atoms with Gasteiger partial charge in [-0.15, -0.1) is 0 Å². The molecular formula is C12H14N4O3S2. The van der Waals surface area contributed by atoms with Gasteiger partial charge in [0.25, 0.3) is 10.0 Å². The van der Waals surface area contributed by atoms with Crippen molar-refractivity contribution in [3.05, 3.63) is 36.5 Å². The molecule has 0 atom stereocenters. The fourth-order valence-corrected chi connectivity index (χ4v) is 2.87. The van der Waals surface area contributed by atoms with Crippen LogP contribution in [0.5, 0.6) is 5.75 Å². The summed E-state index contributed by atoms with van der Waals surface area (Å²) in [6.45, 7) is 0.0905. The van der Waals surface area contributed by atoms with Gasteiger partial charge in [-0.1, -0.05) is 18.3 Å². The molecule has 1 heterocycles. The van der Waals surface area contributed by atoms with E-state index in [1.54, 1.807) is 31.3 Å². The smallest absolute Gasteiger partial charge is 0.279 e. The standard InChI is InChI=1S/C12H14N4O3S2/c1-16-12(5-6-14-16)21(17,18)15-9-3-2-4-10(7-9)19-8-11(13)20/h2-7,15H,8H2,1H3,(H2,13,20). The maximum Gasteiger partial charge on any atom is 0.279 e. The van der Waals surface area contributed by atoms with Crippen molar-refractivity contribution in [2.45, 2.75) is 5.03 Å².